The van der Waals surface area contributed by atoms with Gasteiger partial charge in [-0.05, 0) is 49.1 Å². The molecule has 0 N–H and O–H groups in total. The van der Waals surface area contributed by atoms with Gasteiger partial charge >= 0.3 is 0 Å². The van der Waals surface area contributed by atoms with Crippen LogP contribution in [0.3, 0.4) is 0 Å². The topological polar surface area (TPSA) is 35.5 Å². The Morgan fingerprint density at radius 2 is 2.22 bits per heavy atom. The number of carbonyl (C=O) groups excluding carboxylic acids is 1. The zero-order valence-corrected chi connectivity index (χ0v) is 10.2. The predicted octanol–water partition coefficient (Wildman–Crippen LogP) is 3.11. The summed E-state index contributed by atoms with van der Waals surface area (Å²) in [6, 6.07) is 5.70. The van der Waals surface area contributed by atoms with E-state index in [2.05, 4.69) is 6.08 Å². The number of allylic oxidation sites excluding steroid dienone is 2. The number of rotatable bonds is 2. The number of benzene rings is 1. The maximum Gasteiger partial charge on any atom is 0.149 e. The molecule has 0 fully saturated rings. The van der Waals surface area contributed by atoms with Gasteiger partial charge in [0.15, 0.2) is 0 Å². The van der Waals surface area contributed by atoms with Gasteiger partial charge in [0.2, 0.25) is 0 Å². The predicted molar refractivity (Wildman–Crippen MR) is 68.5 cm³/mol. The van der Waals surface area contributed by atoms with Gasteiger partial charge in [0.1, 0.15) is 23.5 Å². The minimum absolute atomic E-state index is 0.758. The van der Waals surface area contributed by atoms with E-state index < -0.39 is 0 Å². The first-order valence-corrected chi connectivity index (χ1v) is 6.07. The Kier molecular flexibility index (Phi) is 2.67. The van der Waals surface area contributed by atoms with Crippen molar-refractivity contribution in [1.82, 2.24) is 0 Å². The molecule has 1 aromatic carbocycles. The van der Waals surface area contributed by atoms with Crippen LogP contribution in [0.15, 0.2) is 35.1 Å². The molecule has 1 aromatic rings. The zero-order valence-electron chi connectivity index (χ0n) is 10.2. The summed E-state index contributed by atoms with van der Waals surface area (Å²) in [5, 5.41) is 0. The molecule has 18 heavy (non-hydrogen) atoms. The summed E-state index contributed by atoms with van der Waals surface area (Å²) < 4.78 is 11.1. The Bertz CT molecular complexity index is 567. The van der Waals surface area contributed by atoms with Crippen molar-refractivity contribution < 1.29 is 14.3 Å². The van der Waals surface area contributed by atoms with Gasteiger partial charge in [-0.15, -0.1) is 0 Å². The van der Waals surface area contributed by atoms with Crippen LogP contribution >= 0.6 is 0 Å². The molecule has 0 atom stereocenters. The van der Waals surface area contributed by atoms with Gasteiger partial charge in [-0.1, -0.05) is 0 Å². The van der Waals surface area contributed by atoms with Gasteiger partial charge in [0.05, 0.1) is 7.11 Å². The fourth-order valence-corrected chi connectivity index (χ4v) is 2.44. The van der Waals surface area contributed by atoms with Crippen LogP contribution in [-0.2, 0) is 4.79 Å². The van der Waals surface area contributed by atoms with E-state index in [1.165, 1.54) is 0 Å². The smallest absolute Gasteiger partial charge is 0.149 e. The quantitative estimate of drug-likeness (QED) is 0.747. The zero-order chi connectivity index (χ0) is 12.5. The number of ether oxygens (including phenoxy) is 2. The van der Waals surface area contributed by atoms with Crippen LogP contribution in [0.2, 0.25) is 0 Å². The van der Waals surface area contributed by atoms with Crippen molar-refractivity contribution in [3.05, 3.63) is 40.7 Å². The van der Waals surface area contributed by atoms with Crippen molar-refractivity contribution in [2.45, 2.75) is 19.3 Å². The Balaban J connectivity index is 2.10. The minimum atomic E-state index is 0.758. The molecule has 3 nitrogen and oxygen atoms in total. The number of aldehydes is 1. The van der Waals surface area contributed by atoms with E-state index in [0.717, 1.165) is 59.5 Å². The van der Waals surface area contributed by atoms with Crippen molar-refractivity contribution in [1.29, 1.82) is 0 Å². The van der Waals surface area contributed by atoms with Crippen LogP contribution < -0.4 is 9.47 Å². The van der Waals surface area contributed by atoms with Crippen LogP contribution in [-0.4, -0.2) is 13.4 Å². The molecule has 92 valence electrons. The maximum atomic E-state index is 11.0. The molecule has 0 bridgehead atoms. The highest BCUT2D eigenvalue weighted by molar-refractivity contribution is 5.79. The molecule has 0 aromatic heterocycles. The first kappa shape index (κ1) is 11.1. The van der Waals surface area contributed by atoms with Crippen molar-refractivity contribution in [2.75, 3.05) is 7.11 Å². The second-order valence-corrected chi connectivity index (χ2v) is 4.50. The van der Waals surface area contributed by atoms with Crippen LogP contribution in [0, 0.1) is 0 Å². The fourth-order valence-electron chi connectivity index (χ4n) is 2.44. The summed E-state index contributed by atoms with van der Waals surface area (Å²) in [6.45, 7) is 0. The van der Waals surface area contributed by atoms with Crippen molar-refractivity contribution >= 4 is 12.4 Å². The SMILES string of the molecule is COc1ccc2c(c1)C=C1CCCC(C=O)=C1O2. The second-order valence-electron chi connectivity index (χ2n) is 4.50. The Morgan fingerprint density at radius 3 is 3.00 bits per heavy atom. The number of fused-ring (bicyclic) bond motifs is 2. The first-order chi connectivity index (χ1) is 8.81. The van der Waals surface area contributed by atoms with E-state index >= 15 is 0 Å². The van der Waals surface area contributed by atoms with Crippen LogP contribution in [0.5, 0.6) is 11.5 Å². The lowest BCUT2D eigenvalue weighted by atomic mass is 9.91. The standard InChI is InChI=1S/C15H14O3/c1-17-13-5-6-14-12(8-13)7-10-3-2-4-11(9-16)15(10)18-14/h5-9H,2-4H2,1H3. The van der Waals surface area contributed by atoms with Crippen molar-refractivity contribution in [2.24, 2.45) is 0 Å². The maximum absolute atomic E-state index is 11.0. The van der Waals surface area contributed by atoms with Gasteiger partial charge < -0.3 is 9.47 Å². The summed E-state index contributed by atoms with van der Waals surface area (Å²) in [4.78, 5) is 11.0. The number of hydrogen-bond donors (Lipinski definition) is 0. The number of carbonyl (C=O) groups is 1. The van der Waals surface area contributed by atoms with Gasteiger partial charge in [-0.3, -0.25) is 4.79 Å². The molecule has 1 heterocycles. The third kappa shape index (κ3) is 1.72. The van der Waals surface area contributed by atoms with Gasteiger partial charge in [0.25, 0.3) is 0 Å². The summed E-state index contributed by atoms with van der Waals surface area (Å²) in [7, 11) is 1.65. The molecule has 0 amide bonds. The fraction of sp³-hybridized carbons (Fsp3) is 0.267. The second kappa shape index (κ2) is 4.33. The van der Waals surface area contributed by atoms with Crippen molar-refractivity contribution in [3.63, 3.8) is 0 Å². The van der Waals surface area contributed by atoms with E-state index in [1.807, 2.05) is 18.2 Å². The van der Waals surface area contributed by atoms with E-state index in [-0.39, 0.29) is 0 Å². The van der Waals surface area contributed by atoms with E-state index in [0.29, 0.717) is 0 Å². The minimum Gasteiger partial charge on any atom is -0.497 e. The molecular formula is C15H14O3. The number of methoxy groups -OCH3 is 1. The van der Waals surface area contributed by atoms with Gasteiger partial charge in [-0.25, -0.2) is 0 Å². The highest BCUT2D eigenvalue weighted by Crippen LogP contribution is 2.39. The molecule has 0 spiro atoms. The third-order valence-corrected chi connectivity index (χ3v) is 3.38. The largest absolute Gasteiger partial charge is 0.497 e. The van der Waals surface area contributed by atoms with Crippen LogP contribution in [0.4, 0.5) is 0 Å². The Hall–Kier alpha value is -2.03. The van der Waals surface area contributed by atoms with Gasteiger partial charge in [-0.2, -0.15) is 0 Å². The highest BCUT2D eigenvalue weighted by Gasteiger charge is 2.24. The average Bonchev–Trinajstić information content (AvgIpc) is 2.43. The number of hydrogen-bond acceptors (Lipinski definition) is 3. The average molecular weight is 242 g/mol. The van der Waals surface area contributed by atoms with E-state index in [9.17, 15) is 4.79 Å². The Labute approximate surface area is 106 Å². The van der Waals surface area contributed by atoms with Crippen LogP contribution in [0.1, 0.15) is 24.8 Å². The molecular weight excluding hydrogens is 228 g/mol. The molecule has 3 heteroatoms. The highest BCUT2D eigenvalue weighted by atomic mass is 16.5. The van der Waals surface area contributed by atoms with E-state index in [4.69, 9.17) is 9.47 Å². The molecule has 0 saturated heterocycles. The van der Waals surface area contributed by atoms with Crippen LogP contribution in [0.25, 0.3) is 6.08 Å². The summed E-state index contributed by atoms with van der Waals surface area (Å²) in [5.41, 5.74) is 2.90. The lowest BCUT2D eigenvalue weighted by Crippen LogP contribution is -2.13. The molecule has 1 aliphatic heterocycles. The molecule has 0 radical (unpaired) electrons. The summed E-state index contributed by atoms with van der Waals surface area (Å²) in [6.07, 6.45) is 5.78. The van der Waals surface area contributed by atoms with Crippen molar-refractivity contribution in [3.8, 4) is 11.5 Å². The molecule has 1 aliphatic carbocycles. The molecule has 0 saturated carbocycles. The van der Waals surface area contributed by atoms with E-state index in [1.54, 1.807) is 7.11 Å². The monoisotopic (exact) mass is 242 g/mol. The molecule has 2 aliphatic rings. The Morgan fingerprint density at radius 1 is 1.33 bits per heavy atom. The summed E-state index contributed by atoms with van der Waals surface area (Å²) in [5.74, 6) is 2.36. The molecule has 3 rings (SSSR count). The van der Waals surface area contributed by atoms with Gasteiger partial charge in [0, 0.05) is 11.1 Å². The first-order valence-electron chi connectivity index (χ1n) is 6.07. The third-order valence-electron chi connectivity index (χ3n) is 3.38. The summed E-state index contributed by atoms with van der Waals surface area (Å²) >= 11 is 0. The normalized spacial score (nSPS) is 17.3. The lowest BCUT2D eigenvalue weighted by Gasteiger charge is -2.25. The lowest BCUT2D eigenvalue weighted by molar-refractivity contribution is -0.105. The molecule has 0 unspecified atom stereocenters.